The highest BCUT2D eigenvalue weighted by molar-refractivity contribution is 5.65. The highest BCUT2D eigenvalue weighted by atomic mass is 19.1. The number of aryl methyl sites for hydroxylation is 1. The number of nitrogens with one attached hydrogen (secondary N) is 1. The van der Waals surface area contributed by atoms with Crippen LogP contribution in [-0.2, 0) is 6.54 Å². The van der Waals surface area contributed by atoms with E-state index in [2.05, 4.69) is 19.2 Å². The van der Waals surface area contributed by atoms with E-state index in [1.807, 2.05) is 24.3 Å². The van der Waals surface area contributed by atoms with Crippen LogP contribution in [0, 0.1) is 18.6 Å². The summed E-state index contributed by atoms with van der Waals surface area (Å²) in [7, 11) is 0. The fraction of sp³-hybridized carbons (Fsp3) is 0.294. The predicted molar refractivity (Wildman–Crippen MR) is 78.5 cm³/mol. The first-order valence-electron chi connectivity index (χ1n) is 6.75. The molecule has 1 N–H and O–H groups in total. The van der Waals surface area contributed by atoms with Crippen molar-refractivity contribution >= 4 is 0 Å². The van der Waals surface area contributed by atoms with Crippen LogP contribution in [0.15, 0.2) is 36.4 Å². The van der Waals surface area contributed by atoms with Crippen LogP contribution >= 0.6 is 0 Å². The molecule has 0 saturated carbocycles. The SMILES string of the molecule is Cc1cc(F)c(-c2ccc(CNC(C)C)cc2)cc1F. The molecule has 0 bridgehead atoms. The zero-order valence-corrected chi connectivity index (χ0v) is 12.0. The largest absolute Gasteiger partial charge is 0.310 e. The number of hydrogen-bond acceptors (Lipinski definition) is 1. The van der Waals surface area contributed by atoms with Gasteiger partial charge in [0.05, 0.1) is 0 Å². The Morgan fingerprint density at radius 3 is 2.25 bits per heavy atom. The molecule has 0 heterocycles. The maximum absolute atomic E-state index is 13.9. The average molecular weight is 275 g/mol. The van der Waals surface area contributed by atoms with E-state index in [1.165, 1.54) is 12.1 Å². The third-order valence-corrected chi connectivity index (χ3v) is 3.23. The van der Waals surface area contributed by atoms with Gasteiger partial charge in [-0.3, -0.25) is 0 Å². The lowest BCUT2D eigenvalue weighted by atomic mass is 10.0. The molecule has 3 heteroatoms. The first-order valence-corrected chi connectivity index (χ1v) is 6.75. The van der Waals surface area contributed by atoms with Gasteiger partial charge in [0.15, 0.2) is 0 Å². The minimum atomic E-state index is -0.392. The van der Waals surface area contributed by atoms with E-state index in [0.717, 1.165) is 12.1 Å². The van der Waals surface area contributed by atoms with Gasteiger partial charge in [0, 0.05) is 18.2 Å². The van der Waals surface area contributed by atoms with Gasteiger partial charge in [0.1, 0.15) is 11.6 Å². The van der Waals surface area contributed by atoms with Crippen molar-refractivity contribution in [3.63, 3.8) is 0 Å². The van der Waals surface area contributed by atoms with Gasteiger partial charge >= 0.3 is 0 Å². The zero-order chi connectivity index (χ0) is 14.7. The summed E-state index contributed by atoms with van der Waals surface area (Å²) in [5, 5.41) is 3.31. The molecule has 2 aromatic carbocycles. The second-order valence-electron chi connectivity index (χ2n) is 5.31. The van der Waals surface area contributed by atoms with E-state index in [4.69, 9.17) is 0 Å². The standard InChI is InChI=1S/C17H19F2N/c1-11(2)20-10-13-4-6-14(7-5-13)15-9-16(18)12(3)8-17(15)19/h4-9,11,20H,10H2,1-3H3. The molecular formula is C17H19F2N. The maximum atomic E-state index is 13.9. The summed E-state index contributed by atoms with van der Waals surface area (Å²) in [6.45, 7) is 6.49. The molecule has 0 aromatic heterocycles. The van der Waals surface area contributed by atoms with E-state index in [-0.39, 0.29) is 5.82 Å². The van der Waals surface area contributed by atoms with Crippen molar-refractivity contribution in [1.82, 2.24) is 5.32 Å². The summed E-state index contributed by atoms with van der Waals surface area (Å²) >= 11 is 0. The number of hydrogen-bond donors (Lipinski definition) is 1. The molecule has 0 saturated heterocycles. The zero-order valence-electron chi connectivity index (χ0n) is 12.0. The topological polar surface area (TPSA) is 12.0 Å². The Hall–Kier alpha value is -1.74. The van der Waals surface area contributed by atoms with E-state index >= 15 is 0 Å². The van der Waals surface area contributed by atoms with Crippen LogP contribution in [0.5, 0.6) is 0 Å². The van der Waals surface area contributed by atoms with Gasteiger partial charge in [-0.1, -0.05) is 38.1 Å². The fourth-order valence-corrected chi connectivity index (χ4v) is 1.99. The van der Waals surface area contributed by atoms with Crippen LogP contribution < -0.4 is 5.32 Å². The van der Waals surface area contributed by atoms with Crippen LogP contribution in [0.3, 0.4) is 0 Å². The number of rotatable bonds is 4. The Balaban J connectivity index is 2.24. The van der Waals surface area contributed by atoms with Crippen LogP contribution in [0.1, 0.15) is 25.0 Å². The Morgan fingerprint density at radius 2 is 1.65 bits per heavy atom. The van der Waals surface area contributed by atoms with Crippen LogP contribution in [0.4, 0.5) is 8.78 Å². The van der Waals surface area contributed by atoms with Gasteiger partial charge in [-0.05, 0) is 35.7 Å². The number of halogens is 2. The third-order valence-electron chi connectivity index (χ3n) is 3.23. The summed E-state index contributed by atoms with van der Waals surface area (Å²) in [6.07, 6.45) is 0. The van der Waals surface area contributed by atoms with E-state index < -0.39 is 5.82 Å². The van der Waals surface area contributed by atoms with Gasteiger partial charge in [0.2, 0.25) is 0 Å². The van der Waals surface area contributed by atoms with Crippen molar-refractivity contribution in [2.24, 2.45) is 0 Å². The Kier molecular flexibility index (Phi) is 4.50. The van der Waals surface area contributed by atoms with Crippen LogP contribution in [0.2, 0.25) is 0 Å². The molecule has 2 rings (SSSR count). The van der Waals surface area contributed by atoms with Crippen LogP contribution in [0.25, 0.3) is 11.1 Å². The molecule has 0 spiro atoms. The van der Waals surface area contributed by atoms with Crippen molar-refractivity contribution in [2.45, 2.75) is 33.4 Å². The molecule has 1 nitrogen and oxygen atoms in total. The molecule has 0 atom stereocenters. The fourth-order valence-electron chi connectivity index (χ4n) is 1.99. The molecule has 2 aromatic rings. The van der Waals surface area contributed by atoms with Crippen LogP contribution in [-0.4, -0.2) is 6.04 Å². The first kappa shape index (κ1) is 14.7. The number of benzene rings is 2. The molecule has 0 radical (unpaired) electrons. The molecule has 106 valence electrons. The van der Waals surface area contributed by atoms with Crippen molar-refractivity contribution < 1.29 is 8.78 Å². The van der Waals surface area contributed by atoms with Crippen molar-refractivity contribution in [3.8, 4) is 11.1 Å². The third kappa shape index (κ3) is 3.42. The Labute approximate surface area is 118 Å². The van der Waals surface area contributed by atoms with E-state index in [1.54, 1.807) is 6.92 Å². The smallest absolute Gasteiger partial charge is 0.131 e. The average Bonchev–Trinajstić information content (AvgIpc) is 2.41. The minimum absolute atomic E-state index is 0.302. The molecule has 0 aliphatic rings. The minimum Gasteiger partial charge on any atom is -0.310 e. The highest BCUT2D eigenvalue weighted by Crippen LogP contribution is 2.25. The van der Waals surface area contributed by atoms with E-state index in [9.17, 15) is 8.78 Å². The predicted octanol–water partition coefficient (Wildman–Crippen LogP) is 4.44. The van der Waals surface area contributed by atoms with Gasteiger partial charge in [-0.2, -0.15) is 0 Å². The molecule has 0 amide bonds. The maximum Gasteiger partial charge on any atom is 0.131 e. The molecule has 0 fully saturated rings. The summed E-state index contributed by atoms with van der Waals surface area (Å²) in [4.78, 5) is 0. The normalized spacial score (nSPS) is 11.1. The summed E-state index contributed by atoms with van der Waals surface area (Å²) < 4.78 is 27.4. The second kappa shape index (κ2) is 6.14. The molecular weight excluding hydrogens is 256 g/mol. The molecule has 0 unspecified atom stereocenters. The lowest BCUT2D eigenvalue weighted by molar-refractivity contribution is 0.589. The second-order valence-corrected chi connectivity index (χ2v) is 5.31. The summed E-state index contributed by atoms with van der Waals surface area (Å²) in [5.41, 5.74) is 2.44. The molecule has 20 heavy (non-hydrogen) atoms. The van der Waals surface area contributed by atoms with Crippen molar-refractivity contribution in [3.05, 3.63) is 59.2 Å². The van der Waals surface area contributed by atoms with Crippen molar-refractivity contribution in [1.29, 1.82) is 0 Å². The lowest BCUT2D eigenvalue weighted by Gasteiger charge is -2.10. The Bertz CT molecular complexity index is 589. The van der Waals surface area contributed by atoms with Gasteiger partial charge in [-0.15, -0.1) is 0 Å². The molecule has 0 aliphatic carbocycles. The lowest BCUT2D eigenvalue weighted by Crippen LogP contribution is -2.21. The quantitative estimate of drug-likeness (QED) is 0.870. The Morgan fingerprint density at radius 1 is 1.00 bits per heavy atom. The summed E-state index contributed by atoms with van der Waals surface area (Å²) in [6, 6.07) is 10.4. The monoisotopic (exact) mass is 275 g/mol. The van der Waals surface area contributed by atoms with E-state index in [0.29, 0.717) is 22.7 Å². The van der Waals surface area contributed by atoms with Gasteiger partial charge < -0.3 is 5.32 Å². The molecule has 0 aliphatic heterocycles. The van der Waals surface area contributed by atoms with Crippen molar-refractivity contribution in [2.75, 3.05) is 0 Å². The first-order chi connectivity index (χ1) is 9.47. The van der Waals surface area contributed by atoms with Gasteiger partial charge in [-0.25, -0.2) is 8.78 Å². The summed E-state index contributed by atoms with van der Waals surface area (Å²) in [5.74, 6) is -0.774. The van der Waals surface area contributed by atoms with Gasteiger partial charge in [0.25, 0.3) is 0 Å². The highest BCUT2D eigenvalue weighted by Gasteiger charge is 2.09.